The van der Waals surface area contributed by atoms with Crippen molar-refractivity contribution in [2.45, 2.75) is 25.3 Å². The molecule has 3 aliphatic rings. The lowest BCUT2D eigenvalue weighted by molar-refractivity contribution is 0.0731. The minimum atomic E-state index is 0.703. The van der Waals surface area contributed by atoms with Gasteiger partial charge in [0.25, 0.3) is 0 Å². The Morgan fingerprint density at radius 1 is 1.25 bits per heavy atom. The largest absolute Gasteiger partial charge is 0.312 e. The van der Waals surface area contributed by atoms with Crippen molar-refractivity contribution in [3.05, 3.63) is 36.3 Å². The Balaban J connectivity index is 1.34. The van der Waals surface area contributed by atoms with Crippen molar-refractivity contribution >= 4 is 5.65 Å². The second-order valence-electron chi connectivity index (χ2n) is 6.15. The molecule has 3 fully saturated rings. The van der Waals surface area contributed by atoms with Crippen LogP contribution < -0.4 is 5.32 Å². The number of pyridine rings is 1. The number of hydrogen-bond donors (Lipinski definition) is 1. The summed E-state index contributed by atoms with van der Waals surface area (Å²) < 4.78 is 2.10. The molecule has 1 atom stereocenters. The first-order valence-electron chi connectivity index (χ1n) is 7.77. The summed E-state index contributed by atoms with van der Waals surface area (Å²) in [6.45, 7) is 4.92. The molecule has 4 heteroatoms. The smallest absolute Gasteiger partial charge is 0.136 e. The van der Waals surface area contributed by atoms with E-state index in [2.05, 4.69) is 38.1 Å². The van der Waals surface area contributed by atoms with Gasteiger partial charge in [0.1, 0.15) is 5.65 Å². The van der Waals surface area contributed by atoms with Crippen LogP contribution >= 0.6 is 0 Å². The topological polar surface area (TPSA) is 32.6 Å². The molecule has 0 saturated carbocycles. The van der Waals surface area contributed by atoms with E-state index >= 15 is 0 Å². The van der Waals surface area contributed by atoms with Crippen LogP contribution in [-0.4, -0.2) is 46.5 Å². The van der Waals surface area contributed by atoms with E-state index in [1.807, 2.05) is 12.1 Å². The number of aromatic nitrogens is 2. The highest BCUT2D eigenvalue weighted by molar-refractivity contribution is 5.39. The lowest BCUT2D eigenvalue weighted by atomic mass is 9.84. The maximum atomic E-state index is 4.66. The molecule has 3 aliphatic heterocycles. The van der Waals surface area contributed by atoms with Crippen molar-refractivity contribution in [1.29, 1.82) is 0 Å². The molecule has 0 aliphatic carbocycles. The molecule has 1 unspecified atom stereocenters. The molecular formula is C16H22N4. The molecule has 106 valence electrons. The fourth-order valence-electron chi connectivity index (χ4n) is 3.69. The van der Waals surface area contributed by atoms with E-state index in [1.54, 1.807) is 0 Å². The van der Waals surface area contributed by atoms with Crippen molar-refractivity contribution in [1.82, 2.24) is 19.6 Å². The molecule has 0 aromatic carbocycles. The summed E-state index contributed by atoms with van der Waals surface area (Å²) in [6, 6.07) is 6.85. The number of fused-ring (bicyclic) bond motifs is 4. The number of nitrogens with one attached hydrogen (secondary N) is 1. The van der Waals surface area contributed by atoms with E-state index < -0.39 is 0 Å². The van der Waals surface area contributed by atoms with Crippen molar-refractivity contribution in [2.75, 3.05) is 26.2 Å². The van der Waals surface area contributed by atoms with Crippen LogP contribution in [0.5, 0.6) is 0 Å². The monoisotopic (exact) mass is 270 g/mol. The SMILES string of the molecule is c1ccn2cc(CCNC3CN4CCC3CC4)nc2c1. The first-order valence-corrected chi connectivity index (χ1v) is 7.77. The van der Waals surface area contributed by atoms with Gasteiger partial charge in [0.2, 0.25) is 0 Å². The molecule has 2 bridgehead atoms. The van der Waals surface area contributed by atoms with Gasteiger partial charge in [-0.1, -0.05) is 6.07 Å². The van der Waals surface area contributed by atoms with Crippen molar-refractivity contribution < 1.29 is 0 Å². The van der Waals surface area contributed by atoms with Crippen LogP contribution in [0.2, 0.25) is 0 Å². The van der Waals surface area contributed by atoms with Gasteiger partial charge in [-0.25, -0.2) is 4.98 Å². The molecule has 0 spiro atoms. The predicted octanol–water partition coefficient (Wildman–Crippen LogP) is 1.56. The number of piperidine rings is 3. The van der Waals surface area contributed by atoms with E-state index in [4.69, 9.17) is 0 Å². The van der Waals surface area contributed by atoms with Gasteiger partial charge in [0.05, 0.1) is 5.69 Å². The van der Waals surface area contributed by atoms with Crippen molar-refractivity contribution in [3.8, 4) is 0 Å². The van der Waals surface area contributed by atoms with Gasteiger partial charge < -0.3 is 14.6 Å². The van der Waals surface area contributed by atoms with Gasteiger partial charge in [-0.05, 0) is 44.0 Å². The molecule has 2 aromatic rings. The Hall–Kier alpha value is -1.39. The van der Waals surface area contributed by atoms with Gasteiger partial charge in [0.15, 0.2) is 0 Å². The number of nitrogens with zero attached hydrogens (tertiary/aromatic N) is 3. The zero-order valence-electron chi connectivity index (χ0n) is 11.8. The van der Waals surface area contributed by atoms with Crippen LogP contribution in [0.1, 0.15) is 18.5 Å². The average Bonchev–Trinajstić information content (AvgIpc) is 2.91. The zero-order chi connectivity index (χ0) is 13.4. The van der Waals surface area contributed by atoms with Crippen LogP contribution in [0.4, 0.5) is 0 Å². The summed E-state index contributed by atoms with van der Waals surface area (Å²) >= 11 is 0. The highest BCUT2D eigenvalue weighted by Gasteiger charge is 2.33. The molecule has 20 heavy (non-hydrogen) atoms. The molecule has 1 N–H and O–H groups in total. The van der Waals surface area contributed by atoms with Crippen LogP contribution in [0.25, 0.3) is 5.65 Å². The second kappa shape index (κ2) is 5.19. The average molecular weight is 270 g/mol. The molecule has 4 nitrogen and oxygen atoms in total. The van der Waals surface area contributed by atoms with Crippen molar-refractivity contribution in [3.63, 3.8) is 0 Å². The van der Waals surface area contributed by atoms with Gasteiger partial charge in [-0.3, -0.25) is 0 Å². The molecule has 3 saturated heterocycles. The number of hydrogen-bond acceptors (Lipinski definition) is 3. The summed E-state index contributed by atoms with van der Waals surface area (Å²) in [5, 5.41) is 3.75. The summed E-state index contributed by atoms with van der Waals surface area (Å²) in [5.41, 5.74) is 2.23. The molecule has 5 heterocycles. The highest BCUT2D eigenvalue weighted by Crippen LogP contribution is 2.27. The first kappa shape index (κ1) is 12.4. The minimum Gasteiger partial charge on any atom is -0.312 e. The number of rotatable bonds is 4. The highest BCUT2D eigenvalue weighted by atomic mass is 15.2. The maximum absolute atomic E-state index is 4.66. The third-order valence-corrected chi connectivity index (χ3v) is 4.86. The molecular weight excluding hydrogens is 248 g/mol. The van der Waals surface area contributed by atoms with E-state index in [0.717, 1.165) is 24.5 Å². The third-order valence-electron chi connectivity index (χ3n) is 4.86. The van der Waals surface area contributed by atoms with Crippen LogP contribution in [0.15, 0.2) is 30.6 Å². The lowest BCUT2D eigenvalue weighted by Gasteiger charge is -2.45. The van der Waals surface area contributed by atoms with Crippen LogP contribution in [0.3, 0.4) is 0 Å². The minimum absolute atomic E-state index is 0.703. The normalized spacial score (nSPS) is 29.1. The second-order valence-corrected chi connectivity index (χ2v) is 6.15. The maximum Gasteiger partial charge on any atom is 0.136 e. The summed E-state index contributed by atoms with van der Waals surface area (Å²) in [4.78, 5) is 7.26. The van der Waals surface area contributed by atoms with E-state index in [1.165, 1.54) is 38.2 Å². The molecule has 0 radical (unpaired) electrons. The van der Waals surface area contributed by atoms with Gasteiger partial charge in [-0.2, -0.15) is 0 Å². The van der Waals surface area contributed by atoms with Crippen LogP contribution in [0, 0.1) is 5.92 Å². The van der Waals surface area contributed by atoms with E-state index in [0.29, 0.717) is 6.04 Å². The summed E-state index contributed by atoms with van der Waals surface area (Å²) in [5.74, 6) is 0.904. The number of imidazole rings is 1. The Kier molecular flexibility index (Phi) is 3.20. The van der Waals surface area contributed by atoms with E-state index in [-0.39, 0.29) is 0 Å². The standard InChI is InChI=1S/C16H22N4/c1-2-8-20-11-14(18-16(20)3-1)4-7-17-15-12-19-9-5-13(15)6-10-19/h1-3,8,11,13,15,17H,4-7,9-10,12H2. The quantitative estimate of drug-likeness (QED) is 0.915. The summed E-state index contributed by atoms with van der Waals surface area (Å²) in [6.07, 6.45) is 7.99. The predicted molar refractivity (Wildman–Crippen MR) is 79.9 cm³/mol. The first-order chi connectivity index (χ1) is 9.88. The molecule has 0 amide bonds. The van der Waals surface area contributed by atoms with E-state index in [9.17, 15) is 0 Å². The van der Waals surface area contributed by atoms with Crippen LogP contribution in [-0.2, 0) is 6.42 Å². The van der Waals surface area contributed by atoms with Crippen molar-refractivity contribution in [2.24, 2.45) is 5.92 Å². The Bertz CT molecular complexity index is 550. The Morgan fingerprint density at radius 2 is 2.15 bits per heavy atom. The third kappa shape index (κ3) is 2.34. The fourth-order valence-corrected chi connectivity index (χ4v) is 3.69. The lowest BCUT2D eigenvalue weighted by Crippen LogP contribution is -2.56. The Morgan fingerprint density at radius 3 is 2.90 bits per heavy atom. The molecule has 5 rings (SSSR count). The Labute approximate surface area is 119 Å². The van der Waals surface area contributed by atoms with Gasteiger partial charge >= 0.3 is 0 Å². The zero-order valence-corrected chi connectivity index (χ0v) is 11.8. The summed E-state index contributed by atoms with van der Waals surface area (Å²) in [7, 11) is 0. The van der Waals surface area contributed by atoms with Gasteiger partial charge in [-0.15, -0.1) is 0 Å². The fraction of sp³-hybridized carbons (Fsp3) is 0.562. The van der Waals surface area contributed by atoms with Gasteiger partial charge in [0, 0.05) is 37.9 Å². The molecule has 2 aromatic heterocycles.